The third kappa shape index (κ3) is 4.86. The first kappa shape index (κ1) is 19.4. The summed E-state index contributed by atoms with van der Waals surface area (Å²) in [6.07, 6.45) is 0.399. The van der Waals surface area contributed by atoms with Gasteiger partial charge in [0.1, 0.15) is 12.4 Å². The third-order valence-corrected chi connectivity index (χ3v) is 4.63. The molecule has 0 fully saturated rings. The Morgan fingerprint density at radius 2 is 1.59 bits per heavy atom. The molecule has 0 amide bonds. The summed E-state index contributed by atoms with van der Waals surface area (Å²) in [5.74, 6) is -0.459. The maximum Gasteiger partial charge on any atom is 0.231 e. The maximum atomic E-state index is 10.7. The van der Waals surface area contributed by atoms with Gasteiger partial charge in [-0.05, 0) is 55.1 Å². The molecule has 0 spiro atoms. The molecule has 0 aromatic heterocycles. The van der Waals surface area contributed by atoms with Gasteiger partial charge in [-0.1, -0.05) is 54.6 Å². The van der Waals surface area contributed by atoms with Crippen molar-refractivity contribution in [2.75, 3.05) is 20.7 Å². The summed E-state index contributed by atoms with van der Waals surface area (Å²) < 4.78 is 11.5. The summed E-state index contributed by atoms with van der Waals surface area (Å²) in [6, 6.07) is 22.4. The molecule has 0 radical (unpaired) electrons. The summed E-state index contributed by atoms with van der Waals surface area (Å²) in [5.41, 5.74) is 2.16. The second-order valence-corrected chi connectivity index (χ2v) is 6.86. The molecule has 0 saturated heterocycles. The summed E-state index contributed by atoms with van der Waals surface area (Å²) in [4.78, 5) is 1.70. The smallest absolute Gasteiger partial charge is 0.231 e. The second-order valence-electron chi connectivity index (χ2n) is 6.86. The predicted molar refractivity (Wildman–Crippen MR) is 109 cm³/mol. The van der Waals surface area contributed by atoms with Gasteiger partial charge in [-0.2, -0.15) is 0 Å². The molecule has 0 bridgehead atoms. The number of likely N-dealkylation sites (N-methyl/N-ethyl adjacent to an activating group) is 1. The van der Waals surface area contributed by atoms with Crippen LogP contribution in [-0.4, -0.2) is 36.6 Å². The molecule has 4 heteroatoms. The van der Waals surface area contributed by atoms with E-state index in [1.807, 2.05) is 57.4 Å². The number of nitrogens with zero attached hydrogens (tertiary/aromatic N) is 1. The SMILES string of the molecule is CCOC(O)(Cc1ccc2cc(OCc3ccccc3)ccc2c1)N(C)C. The van der Waals surface area contributed by atoms with Gasteiger partial charge in [-0.3, -0.25) is 4.90 Å². The van der Waals surface area contributed by atoms with Gasteiger partial charge in [-0.15, -0.1) is 0 Å². The lowest BCUT2D eigenvalue weighted by Gasteiger charge is -2.34. The summed E-state index contributed by atoms with van der Waals surface area (Å²) >= 11 is 0. The molecule has 0 aliphatic heterocycles. The highest BCUT2D eigenvalue weighted by molar-refractivity contribution is 5.84. The van der Waals surface area contributed by atoms with Crippen molar-refractivity contribution in [1.29, 1.82) is 0 Å². The highest BCUT2D eigenvalue weighted by Crippen LogP contribution is 2.25. The molecule has 0 aliphatic carbocycles. The maximum absolute atomic E-state index is 10.7. The Morgan fingerprint density at radius 3 is 2.30 bits per heavy atom. The van der Waals surface area contributed by atoms with E-state index in [1.54, 1.807) is 4.90 Å². The van der Waals surface area contributed by atoms with E-state index < -0.39 is 5.91 Å². The van der Waals surface area contributed by atoms with Gasteiger partial charge in [0, 0.05) is 13.0 Å². The van der Waals surface area contributed by atoms with Crippen molar-refractivity contribution in [2.24, 2.45) is 0 Å². The third-order valence-electron chi connectivity index (χ3n) is 4.63. The van der Waals surface area contributed by atoms with Crippen LogP contribution in [0.2, 0.25) is 0 Å². The largest absolute Gasteiger partial charge is 0.489 e. The Hall–Kier alpha value is -2.40. The fraction of sp³-hybridized carbons (Fsp3) is 0.304. The summed E-state index contributed by atoms with van der Waals surface area (Å²) in [7, 11) is 3.63. The number of rotatable bonds is 8. The van der Waals surface area contributed by atoms with Crippen LogP contribution in [0.5, 0.6) is 5.75 Å². The van der Waals surface area contributed by atoms with Gasteiger partial charge >= 0.3 is 0 Å². The second kappa shape index (κ2) is 8.53. The fourth-order valence-electron chi connectivity index (χ4n) is 3.05. The molecule has 1 N–H and O–H groups in total. The number of hydrogen-bond acceptors (Lipinski definition) is 4. The van der Waals surface area contributed by atoms with Crippen LogP contribution >= 0.6 is 0 Å². The minimum Gasteiger partial charge on any atom is -0.489 e. The molecule has 0 aliphatic rings. The van der Waals surface area contributed by atoms with Gasteiger partial charge in [0.25, 0.3) is 0 Å². The molecule has 3 aromatic carbocycles. The summed E-state index contributed by atoms with van der Waals surface area (Å²) in [5, 5.41) is 12.9. The molecule has 0 saturated carbocycles. The first-order valence-corrected chi connectivity index (χ1v) is 9.23. The zero-order chi connectivity index (χ0) is 19.3. The van der Waals surface area contributed by atoms with Crippen molar-refractivity contribution in [3.05, 3.63) is 77.9 Å². The minimum absolute atomic E-state index is 0.399. The van der Waals surface area contributed by atoms with Crippen LogP contribution in [-0.2, 0) is 17.8 Å². The Balaban J connectivity index is 1.75. The van der Waals surface area contributed by atoms with Crippen LogP contribution in [0.3, 0.4) is 0 Å². The fourth-order valence-corrected chi connectivity index (χ4v) is 3.05. The lowest BCUT2D eigenvalue weighted by atomic mass is 10.0. The van der Waals surface area contributed by atoms with E-state index in [-0.39, 0.29) is 0 Å². The zero-order valence-electron chi connectivity index (χ0n) is 16.2. The Bertz CT molecular complexity index is 879. The van der Waals surface area contributed by atoms with Gasteiger partial charge in [-0.25, -0.2) is 0 Å². The molecule has 3 rings (SSSR count). The van der Waals surface area contributed by atoms with Crippen molar-refractivity contribution >= 4 is 10.8 Å². The first-order valence-electron chi connectivity index (χ1n) is 9.23. The van der Waals surface area contributed by atoms with Crippen molar-refractivity contribution in [3.63, 3.8) is 0 Å². The van der Waals surface area contributed by atoms with E-state index in [1.165, 1.54) is 0 Å². The molecular weight excluding hydrogens is 338 g/mol. The monoisotopic (exact) mass is 365 g/mol. The number of aliphatic hydroxyl groups is 1. The lowest BCUT2D eigenvalue weighted by molar-refractivity contribution is -0.277. The van der Waals surface area contributed by atoms with Crippen LogP contribution in [0.1, 0.15) is 18.1 Å². The molecule has 27 heavy (non-hydrogen) atoms. The normalized spacial score (nSPS) is 13.7. The highest BCUT2D eigenvalue weighted by Gasteiger charge is 2.30. The average Bonchev–Trinajstić information content (AvgIpc) is 2.67. The van der Waals surface area contributed by atoms with Crippen LogP contribution in [0, 0.1) is 0 Å². The molecule has 1 unspecified atom stereocenters. The molecule has 4 nitrogen and oxygen atoms in total. The minimum atomic E-state index is -1.30. The van der Waals surface area contributed by atoms with Crippen molar-refractivity contribution in [1.82, 2.24) is 4.90 Å². The predicted octanol–water partition coefficient (Wildman–Crippen LogP) is 4.21. The van der Waals surface area contributed by atoms with Crippen LogP contribution in [0.15, 0.2) is 66.7 Å². The van der Waals surface area contributed by atoms with Crippen LogP contribution in [0.25, 0.3) is 10.8 Å². The van der Waals surface area contributed by atoms with Gasteiger partial charge in [0.05, 0.1) is 0 Å². The summed E-state index contributed by atoms with van der Waals surface area (Å²) in [6.45, 7) is 2.88. The molecule has 0 heterocycles. The van der Waals surface area contributed by atoms with E-state index >= 15 is 0 Å². The Labute approximate surface area is 161 Å². The quantitative estimate of drug-likeness (QED) is 0.607. The molecule has 142 valence electrons. The first-order chi connectivity index (χ1) is 13.0. The highest BCUT2D eigenvalue weighted by atomic mass is 16.6. The van der Waals surface area contributed by atoms with E-state index in [2.05, 4.69) is 30.3 Å². The molecular formula is C23H27NO3. The average molecular weight is 365 g/mol. The van der Waals surface area contributed by atoms with Crippen molar-refractivity contribution < 1.29 is 14.6 Å². The molecule has 3 aromatic rings. The lowest BCUT2D eigenvalue weighted by Crippen LogP contribution is -2.48. The standard InChI is InChI=1S/C23H27NO3/c1-4-27-23(25,24(2)3)16-19-10-11-21-15-22(13-12-20(21)14-19)26-17-18-8-6-5-7-9-18/h5-15,25H,4,16-17H2,1-3H3. The van der Waals surface area contributed by atoms with Gasteiger partial charge in [0.15, 0.2) is 0 Å². The van der Waals surface area contributed by atoms with Gasteiger partial charge < -0.3 is 14.6 Å². The number of fused-ring (bicyclic) bond motifs is 1. The van der Waals surface area contributed by atoms with Crippen LogP contribution < -0.4 is 4.74 Å². The van der Waals surface area contributed by atoms with E-state index in [4.69, 9.17) is 9.47 Å². The van der Waals surface area contributed by atoms with Crippen molar-refractivity contribution in [3.8, 4) is 5.75 Å². The molecule has 1 atom stereocenters. The van der Waals surface area contributed by atoms with E-state index in [9.17, 15) is 5.11 Å². The van der Waals surface area contributed by atoms with Gasteiger partial charge in [0.2, 0.25) is 5.91 Å². The Kier molecular flexibility index (Phi) is 6.11. The zero-order valence-corrected chi connectivity index (χ0v) is 16.2. The number of ether oxygens (including phenoxy) is 2. The number of benzene rings is 3. The Morgan fingerprint density at radius 1 is 0.889 bits per heavy atom. The number of hydrogen-bond donors (Lipinski definition) is 1. The van der Waals surface area contributed by atoms with E-state index in [0.29, 0.717) is 19.6 Å². The van der Waals surface area contributed by atoms with Crippen LogP contribution in [0.4, 0.5) is 0 Å². The van der Waals surface area contributed by atoms with E-state index in [0.717, 1.165) is 27.6 Å². The topological polar surface area (TPSA) is 41.9 Å². The van der Waals surface area contributed by atoms with Crippen molar-refractivity contribution in [2.45, 2.75) is 25.9 Å².